The van der Waals surface area contributed by atoms with Gasteiger partial charge in [0, 0.05) is 12.7 Å². The molecule has 0 atom stereocenters. The van der Waals surface area contributed by atoms with E-state index in [9.17, 15) is 4.79 Å². The van der Waals surface area contributed by atoms with E-state index in [1.165, 1.54) is 32.1 Å². The smallest absolute Gasteiger partial charge is 0.231 e. The van der Waals surface area contributed by atoms with Crippen molar-refractivity contribution >= 4 is 5.91 Å². The number of nitrogens with zero attached hydrogens (tertiary/aromatic N) is 2. The van der Waals surface area contributed by atoms with Gasteiger partial charge < -0.3 is 14.4 Å². The van der Waals surface area contributed by atoms with E-state index in [2.05, 4.69) is 4.98 Å². The molecule has 1 amide bonds. The van der Waals surface area contributed by atoms with Crippen LogP contribution in [0.3, 0.4) is 0 Å². The van der Waals surface area contributed by atoms with E-state index in [0.717, 1.165) is 29.3 Å². The highest BCUT2D eigenvalue weighted by molar-refractivity contribution is 5.79. The SMILES string of the molecule is O=C(Cc1ccc2c(c1)OCO2)N(Cc1ccccn1)CC1CCCCC1. The predicted molar refractivity (Wildman–Crippen MR) is 102 cm³/mol. The van der Waals surface area contributed by atoms with Crippen LogP contribution in [-0.4, -0.2) is 29.1 Å². The summed E-state index contributed by atoms with van der Waals surface area (Å²) in [7, 11) is 0. The van der Waals surface area contributed by atoms with Crippen LogP contribution in [-0.2, 0) is 17.8 Å². The standard InChI is InChI=1S/C22H26N2O3/c25-22(13-18-9-10-20-21(12-18)27-16-26-20)24(14-17-6-2-1-3-7-17)15-19-8-4-5-11-23-19/h4-5,8-12,17H,1-3,6-7,13-16H2. The molecule has 0 unspecified atom stereocenters. The van der Waals surface area contributed by atoms with Gasteiger partial charge in [-0.1, -0.05) is 31.4 Å². The number of benzene rings is 1. The molecule has 0 bridgehead atoms. The average Bonchev–Trinajstić information content (AvgIpc) is 3.17. The third-order valence-electron chi connectivity index (χ3n) is 5.43. The first-order chi connectivity index (χ1) is 13.3. The summed E-state index contributed by atoms with van der Waals surface area (Å²) in [4.78, 5) is 19.5. The van der Waals surface area contributed by atoms with Gasteiger partial charge in [-0.3, -0.25) is 9.78 Å². The highest BCUT2D eigenvalue weighted by Crippen LogP contribution is 2.33. The molecule has 1 aromatic heterocycles. The van der Waals surface area contributed by atoms with Gasteiger partial charge in [-0.2, -0.15) is 0 Å². The fraction of sp³-hybridized carbons (Fsp3) is 0.455. The summed E-state index contributed by atoms with van der Waals surface area (Å²) < 4.78 is 10.8. The molecule has 5 nitrogen and oxygen atoms in total. The van der Waals surface area contributed by atoms with Crippen LogP contribution in [0.1, 0.15) is 43.4 Å². The summed E-state index contributed by atoms with van der Waals surface area (Å²) in [6, 6.07) is 11.6. The van der Waals surface area contributed by atoms with E-state index in [4.69, 9.17) is 9.47 Å². The van der Waals surface area contributed by atoms with Gasteiger partial charge in [0.05, 0.1) is 18.7 Å². The van der Waals surface area contributed by atoms with Gasteiger partial charge in [0.2, 0.25) is 12.7 Å². The molecular weight excluding hydrogens is 340 g/mol. The average molecular weight is 366 g/mol. The third-order valence-corrected chi connectivity index (χ3v) is 5.43. The van der Waals surface area contributed by atoms with Gasteiger partial charge in [-0.15, -0.1) is 0 Å². The molecule has 27 heavy (non-hydrogen) atoms. The molecule has 5 heteroatoms. The lowest BCUT2D eigenvalue weighted by molar-refractivity contribution is -0.132. The number of hydrogen-bond donors (Lipinski definition) is 0. The number of pyridine rings is 1. The molecule has 2 aliphatic rings. The minimum atomic E-state index is 0.144. The van der Waals surface area contributed by atoms with Crippen LogP contribution >= 0.6 is 0 Å². The van der Waals surface area contributed by atoms with Crippen LogP contribution < -0.4 is 9.47 Å². The molecule has 0 spiro atoms. The first-order valence-corrected chi connectivity index (χ1v) is 9.84. The fourth-order valence-corrected chi connectivity index (χ4v) is 3.96. The van der Waals surface area contributed by atoms with Crippen molar-refractivity contribution in [3.8, 4) is 11.5 Å². The molecule has 2 aromatic rings. The van der Waals surface area contributed by atoms with Gasteiger partial charge in [-0.25, -0.2) is 0 Å². The molecule has 1 aromatic carbocycles. The van der Waals surface area contributed by atoms with Crippen LogP contribution in [0, 0.1) is 5.92 Å². The lowest BCUT2D eigenvalue weighted by Crippen LogP contribution is -2.36. The second kappa shape index (κ2) is 8.42. The van der Waals surface area contributed by atoms with Gasteiger partial charge in [0.1, 0.15) is 0 Å². The second-order valence-corrected chi connectivity index (χ2v) is 7.46. The number of amides is 1. The molecule has 0 saturated heterocycles. The summed E-state index contributed by atoms with van der Waals surface area (Å²) in [5.41, 5.74) is 1.89. The molecule has 1 saturated carbocycles. The van der Waals surface area contributed by atoms with Crippen molar-refractivity contribution < 1.29 is 14.3 Å². The normalized spacial score (nSPS) is 16.3. The number of carbonyl (C=O) groups excluding carboxylic acids is 1. The van der Waals surface area contributed by atoms with Crippen molar-refractivity contribution in [2.45, 2.75) is 45.1 Å². The van der Waals surface area contributed by atoms with Gasteiger partial charge in [0.25, 0.3) is 0 Å². The zero-order valence-electron chi connectivity index (χ0n) is 15.6. The molecule has 2 heterocycles. The summed E-state index contributed by atoms with van der Waals surface area (Å²) in [6.07, 6.45) is 8.47. The van der Waals surface area contributed by atoms with E-state index in [1.54, 1.807) is 6.20 Å². The Morgan fingerprint density at radius 1 is 1.07 bits per heavy atom. The Kier molecular flexibility index (Phi) is 5.56. The number of carbonyl (C=O) groups is 1. The maximum atomic E-state index is 13.1. The van der Waals surface area contributed by atoms with E-state index in [-0.39, 0.29) is 12.7 Å². The zero-order valence-corrected chi connectivity index (χ0v) is 15.6. The molecule has 4 rings (SSSR count). The van der Waals surface area contributed by atoms with Crippen molar-refractivity contribution in [1.82, 2.24) is 9.88 Å². The Hall–Kier alpha value is -2.56. The van der Waals surface area contributed by atoms with Crippen LogP contribution in [0.4, 0.5) is 0 Å². The summed E-state index contributed by atoms with van der Waals surface area (Å²) in [5, 5.41) is 0. The van der Waals surface area contributed by atoms with Crippen molar-refractivity contribution in [3.05, 3.63) is 53.9 Å². The molecule has 1 fully saturated rings. The van der Waals surface area contributed by atoms with E-state index in [1.807, 2.05) is 41.3 Å². The number of ether oxygens (including phenoxy) is 2. The third kappa shape index (κ3) is 4.59. The largest absolute Gasteiger partial charge is 0.454 e. The summed E-state index contributed by atoms with van der Waals surface area (Å²) >= 11 is 0. The highest BCUT2D eigenvalue weighted by Gasteiger charge is 2.22. The summed E-state index contributed by atoms with van der Waals surface area (Å²) in [6.45, 7) is 1.64. The first kappa shape index (κ1) is 17.8. The van der Waals surface area contributed by atoms with Gasteiger partial charge in [0.15, 0.2) is 11.5 Å². The van der Waals surface area contributed by atoms with Crippen LogP contribution in [0.2, 0.25) is 0 Å². The molecule has 0 radical (unpaired) electrons. The highest BCUT2D eigenvalue weighted by atomic mass is 16.7. The zero-order chi connectivity index (χ0) is 18.5. The first-order valence-electron chi connectivity index (χ1n) is 9.84. The van der Waals surface area contributed by atoms with E-state index in [0.29, 0.717) is 18.9 Å². The second-order valence-electron chi connectivity index (χ2n) is 7.46. The van der Waals surface area contributed by atoms with Gasteiger partial charge >= 0.3 is 0 Å². The van der Waals surface area contributed by atoms with Crippen molar-refractivity contribution in [2.24, 2.45) is 5.92 Å². The van der Waals surface area contributed by atoms with Crippen molar-refractivity contribution in [3.63, 3.8) is 0 Å². The number of fused-ring (bicyclic) bond motifs is 1. The number of rotatable bonds is 6. The van der Waals surface area contributed by atoms with E-state index < -0.39 is 0 Å². The molecular formula is C22H26N2O3. The maximum absolute atomic E-state index is 13.1. The van der Waals surface area contributed by atoms with Gasteiger partial charge in [-0.05, 0) is 48.6 Å². The lowest BCUT2D eigenvalue weighted by atomic mass is 9.89. The molecule has 1 aliphatic carbocycles. The molecule has 1 aliphatic heterocycles. The monoisotopic (exact) mass is 366 g/mol. The minimum Gasteiger partial charge on any atom is -0.454 e. The Labute approximate surface area is 160 Å². The van der Waals surface area contributed by atoms with E-state index >= 15 is 0 Å². The Bertz CT molecular complexity index is 772. The number of aromatic nitrogens is 1. The van der Waals surface area contributed by atoms with Crippen molar-refractivity contribution in [1.29, 1.82) is 0 Å². The van der Waals surface area contributed by atoms with Crippen LogP contribution in [0.15, 0.2) is 42.6 Å². The quantitative estimate of drug-likeness (QED) is 0.776. The lowest BCUT2D eigenvalue weighted by Gasteiger charge is -2.30. The Balaban J connectivity index is 1.46. The Morgan fingerprint density at radius 2 is 1.93 bits per heavy atom. The topological polar surface area (TPSA) is 51.7 Å². The van der Waals surface area contributed by atoms with Crippen LogP contribution in [0.5, 0.6) is 11.5 Å². The maximum Gasteiger partial charge on any atom is 0.231 e. The minimum absolute atomic E-state index is 0.144. The Morgan fingerprint density at radius 3 is 2.74 bits per heavy atom. The molecule has 142 valence electrons. The predicted octanol–water partition coefficient (Wildman–Crippen LogP) is 3.96. The number of hydrogen-bond acceptors (Lipinski definition) is 4. The summed E-state index contributed by atoms with van der Waals surface area (Å²) in [5.74, 6) is 2.22. The molecule has 0 N–H and O–H groups in total. The fourth-order valence-electron chi connectivity index (χ4n) is 3.96. The van der Waals surface area contributed by atoms with Crippen molar-refractivity contribution in [2.75, 3.05) is 13.3 Å². The van der Waals surface area contributed by atoms with Crippen LogP contribution in [0.25, 0.3) is 0 Å².